The Kier molecular flexibility index (Phi) is 2.48. The molecule has 0 amide bonds. The van der Waals surface area contributed by atoms with Crippen LogP contribution in [0.5, 0.6) is 5.75 Å². The average molecular weight is 218 g/mol. The molecule has 1 unspecified atom stereocenters. The summed E-state index contributed by atoms with van der Waals surface area (Å²) in [6.45, 7) is 3.42. The van der Waals surface area contributed by atoms with Crippen molar-refractivity contribution in [2.24, 2.45) is 0 Å². The number of nitrogens with one attached hydrogen (secondary N) is 1. The second kappa shape index (κ2) is 3.98. The molecule has 1 N–H and O–H groups in total. The summed E-state index contributed by atoms with van der Waals surface area (Å²) in [7, 11) is 1.73. The molecule has 3 heteroatoms. The average Bonchev–Trinajstić information content (AvgIpc) is 2.50. The Hall–Kier alpha value is -1.22. The number of hydrogen-bond donors (Lipinski definition) is 1. The van der Waals surface area contributed by atoms with Gasteiger partial charge in [-0.05, 0) is 31.0 Å². The normalized spacial score (nSPS) is 23.6. The number of hydrogen-bond acceptors (Lipinski definition) is 3. The summed E-state index contributed by atoms with van der Waals surface area (Å²) in [5.74, 6) is 0.969. The third-order valence-corrected chi connectivity index (χ3v) is 3.63. The van der Waals surface area contributed by atoms with Crippen LogP contribution >= 0.6 is 0 Å². The van der Waals surface area contributed by atoms with Gasteiger partial charge >= 0.3 is 0 Å². The maximum atomic E-state index is 5.31. The van der Waals surface area contributed by atoms with E-state index in [1.165, 1.54) is 24.1 Å². The highest BCUT2D eigenvalue weighted by Crippen LogP contribution is 2.35. The first-order valence-corrected chi connectivity index (χ1v) is 6.03. The van der Waals surface area contributed by atoms with Crippen LogP contribution in [0, 0.1) is 0 Å². The molecule has 0 spiro atoms. The Morgan fingerprint density at radius 1 is 1.44 bits per heavy atom. The molecule has 1 aromatic carbocycles. The van der Waals surface area contributed by atoms with Gasteiger partial charge in [-0.3, -0.25) is 0 Å². The molecule has 0 aliphatic carbocycles. The molecule has 1 aromatic rings. The van der Waals surface area contributed by atoms with E-state index in [4.69, 9.17) is 4.74 Å². The van der Waals surface area contributed by atoms with Crippen molar-refractivity contribution in [2.45, 2.75) is 18.9 Å². The zero-order chi connectivity index (χ0) is 11.0. The van der Waals surface area contributed by atoms with E-state index in [1.807, 2.05) is 0 Å². The van der Waals surface area contributed by atoms with Gasteiger partial charge in [0.1, 0.15) is 5.75 Å². The molecule has 0 bridgehead atoms. The van der Waals surface area contributed by atoms with Crippen LogP contribution in [-0.2, 0) is 6.42 Å². The molecule has 2 aliphatic heterocycles. The monoisotopic (exact) mass is 218 g/mol. The fraction of sp³-hybridized carbons (Fsp3) is 0.538. The summed E-state index contributed by atoms with van der Waals surface area (Å²) >= 11 is 0. The van der Waals surface area contributed by atoms with E-state index >= 15 is 0 Å². The van der Waals surface area contributed by atoms with Crippen LogP contribution in [0.25, 0.3) is 0 Å². The molecule has 86 valence electrons. The molecule has 3 nitrogen and oxygen atoms in total. The Bertz CT molecular complexity index is 392. The number of rotatable bonds is 1. The summed E-state index contributed by atoms with van der Waals surface area (Å²) in [6.07, 6.45) is 2.40. The number of ether oxygens (including phenoxy) is 1. The molecule has 3 rings (SSSR count). The number of nitrogens with zero attached hydrogens (tertiary/aromatic N) is 1. The highest BCUT2D eigenvalue weighted by atomic mass is 16.5. The van der Waals surface area contributed by atoms with E-state index in [1.54, 1.807) is 7.11 Å². The fourth-order valence-electron chi connectivity index (χ4n) is 2.80. The van der Waals surface area contributed by atoms with Crippen LogP contribution in [0.1, 0.15) is 12.0 Å². The third kappa shape index (κ3) is 1.55. The second-order valence-corrected chi connectivity index (χ2v) is 4.60. The summed E-state index contributed by atoms with van der Waals surface area (Å²) in [6, 6.07) is 7.10. The molecule has 0 radical (unpaired) electrons. The van der Waals surface area contributed by atoms with Gasteiger partial charge in [0.05, 0.1) is 7.11 Å². The minimum absolute atomic E-state index is 0.643. The Morgan fingerprint density at radius 3 is 3.25 bits per heavy atom. The molecular formula is C13H18N2O. The van der Waals surface area contributed by atoms with Crippen molar-refractivity contribution >= 4 is 5.69 Å². The predicted octanol–water partition coefficient (Wildman–Crippen LogP) is 1.42. The third-order valence-electron chi connectivity index (χ3n) is 3.63. The summed E-state index contributed by atoms with van der Waals surface area (Å²) < 4.78 is 5.31. The first-order chi connectivity index (χ1) is 7.88. The van der Waals surface area contributed by atoms with Gasteiger partial charge < -0.3 is 15.0 Å². The van der Waals surface area contributed by atoms with Gasteiger partial charge in [0.2, 0.25) is 0 Å². The van der Waals surface area contributed by atoms with Gasteiger partial charge in [0, 0.05) is 30.9 Å². The lowest BCUT2D eigenvalue weighted by atomic mass is 10.1. The van der Waals surface area contributed by atoms with E-state index in [-0.39, 0.29) is 0 Å². The fourth-order valence-corrected chi connectivity index (χ4v) is 2.80. The lowest BCUT2D eigenvalue weighted by molar-refractivity contribution is 0.415. The molecule has 1 fully saturated rings. The number of anilines is 1. The molecule has 2 aliphatic rings. The largest absolute Gasteiger partial charge is 0.497 e. The Balaban J connectivity index is 1.95. The number of fused-ring (bicyclic) bond motifs is 3. The van der Waals surface area contributed by atoms with Crippen molar-refractivity contribution in [3.8, 4) is 5.75 Å². The molecule has 0 saturated carbocycles. The Labute approximate surface area is 96.4 Å². The summed E-state index contributed by atoms with van der Waals surface area (Å²) in [5.41, 5.74) is 2.85. The number of methoxy groups -OCH3 is 1. The zero-order valence-corrected chi connectivity index (χ0v) is 9.70. The van der Waals surface area contributed by atoms with Crippen LogP contribution in [0.2, 0.25) is 0 Å². The second-order valence-electron chi connectivity index (χ2n) is 4.60. The van der Waals surface area contributed by atoms with Crippen LogP contribution in [0.3, 0.4) is 0 Å². The molecule has 0 aromatic heterocycles. The topological polar surface area (TPSA) is 24.5 Å². The van der Waals surface area contributed by atoms with E-state index in [0.29, 0.717) is 6.04 Å². The predicted molar refractivity (Wildman–Crippen MR) is 65.3 cm³/mol. The van der Waals surface area contributed by atoms with E-state index in [2.05, 4.69) is 28.4 Å². The van der Waals surface area contributed by atoms with Gasteiger partial charge in [-0.1, -0.05) is 6.07 Å². The van der Waals surface area contributed by atoms with Crippen LogP contribution < -0.4 is 15.0 Å². The lowest BCUT2D eigenvalue weighted by Crippen LogP contribution is -2.36. The molecule has 1 atom stereocenters. The van der Waals surface area contributed by atoms with Crippen molar-refractivity contribution in [1.29, 1.82) is 0 Å². The van der Waals surface area contributed by atoms with E-state index in [9.17, 15) is 0 Å². The van der Waals surface area contributed by atoms with Gasteiger partial charge in [0.15, 0.2) is 0 Å². The highest BCUT2D eigenvalue weighted by molar-refractivity contribution is 5.62. The van der Waals surface area contributed by atoms with Crippen molar-refractivity contribution in [3.05, 3.63) is 23.8 Å². The van der Waals surface area contributed by atoms with Crippen molar-refractivity contribution < 1.29 is 4.74 Å². The Morgan fingerprint density at radius 2 is 2.38 bits per heavy atom. The van der Waals surface area contributed by atoms with Crippen molar-refractivity contribution in [2.75, 3.05) is 31.6 Å². The van der Waals surface area contributed by atoms with Crippen LogP contribution in [-0.4, -0.2) is 32.8 Å². The van der Waals surface area contributed by atoms with E-state index in [0.717, 1.165) is 25.4 Å². The highest BCUT2D eigenvalue weighted by Gasteiger charge is 2.30. The quantitative estimate of drug-likeness (QED) is 0.771. The molecular weight excluding hydrogens is 200 g/mol. The van der Waals surface area contributed by atoms with Crippen LogP contribution in [0.15, 0.2) is 18.2 Å². The minimum atomic E-state index is 0.643. The first-order valence-electron chi connectivity index (χ1n) is 6.03. The van der Waals surface area contributed by atoms with E-state index < -0.39 is 0 Å². The van der Waals surface area contributed by atoms with Crippen LogP contribution in [0.4, 0.5) is 5.69 Å². The first kappa shape index (κ1) is 9.97. The standard InChI is InChI=1S/C13H18N2O/c1-16-12-4-3-10-7-11-9-14-5-2-6-15(11)13(10)8-12/h3-4,8,11,14H,2,5-7,9H2,1H3. The van der Waals surface area contributed by atoms with Gasteiger partial charge in [-0.15, -0.1) is 0 Å². The maximum Gasteiger partial charge on any atom is 0.120 e. The van der Waals surface area contributed by atoms with Gasteiger partial charge in [-0.25, -0.2) is 0 Å². The SMILES string of the molecule is COc1ccc2c(c1)N1CCCNCC1C2. The number of benzene rings is 1. The minimum Gasteiger partial charge on any atom is -0.497 e. The smallest absolute Gasteiger partial charge is 0.120 e. The molecule has 1 saturated heterocycles. The van der Waals surface area contributed by atoms with Crippen molar-refractivity contribution in [3.63, 3.8) is 0 Å². The molecule has 2 heterocycles. The maximum absolute atomic E-state index is 5.31. The molecule has 16 heavy (non-hydrogen) atoms. The zero-order valence-electron chi connectivity index (χ0n) is 9.70. The summed E-state index contributed by atoms with van der Waals surface area (Å²) in [5, 5.41) is 3.51. The van der Waals surface area contributed by atoms with Gasteiger partial charge in [0.25, 0.3) is 0 Å². The summed E-state index contributed by atoms with van der Waals surface area (Å²) in [4.78, 5) is 2.54. The lowest BCUT2D eigenvalue weighted by Gasteiger charge is -2.24. The van der Waals surface area contributed by atoms with Crippen molar-refractivity contribution in [1.82, 2.24) is 5.32 Å². The van der Waals surface area contributed by atoms with Gasteiger partial charge in [-0.2, -0.15) is 0 Å².